The Morgan fingerprint density at radius 1 is 1.55 bits per heavy atom. The number of halogens is 2. The molecule has 1 aromatic rings. The second-order valence-electron chi connectivity index (χ2n) is 5.31. The van der Waals surface area contributed by atoms with Gasteiger partial charge in [-0.3, -0.25) is 4.68 Å². The van der Waals surface area contributed by atoms with E-state index in [1.807, 2.05) is 20.8 Å². The van der Waals surface area contributed by atoms with Gasteiger partial charge in [-0.1, -0.05) is 13.8 Å². The first kappa shape index (κ1) is 15.4. The van der Waals surface area contributed by atoms with Crippen LogP contribution in [0, 0.1) is 6.92 Å². The largest absolute Gasteiger partial charge is 0.365 e. The van der Waals surface area contributed by atoms with Crippen LogP contribution in [0.4, 0.5) is 8.78 Å². The Kier molecular flexibility index (Phi) is 4.44. The summed E-state index contributed by atoms with van der Waals surface area (Å²) < 4.78 is 33.3. The average Bonchev–Trinajstić information content (AvgIpc) is 2.98. The van der Waals surface area contributed by atoms with Gasteiger partial charge in [0.1, 0.15) is 11.6 Å². The Bertz CT molecular complexity index is 469. The van der Waals surface area contributed by atoms with Gasteiger partial charge in [-0.25, -0.2) is 8.78 Å². The Labute approximate surface area is 120 Å². The predicted octanol–water partition coefficient (Wildman–Crippen LogP) is 2.88. The molecule has 3 atom stereocenters. The molecule has 3 rings (SSSR count). The Balaban J connectivity index is 0.000000706. The molecule has 4 nitrogen and oxygen atoms in total. The highest BCUT2D eigenvalue weighted by Crippen LogP contribution is 2.42. The summed E-state index contributed by atoms with van der Waals surface area (Å²) in [5.41, 5.74) is 1.26. The summed E-state index contributed by atoms with van der Waals surface area (Å²) in [6.45, 7) is 8.67. The number of rotatable bonds is 1. The summed E-state index contributed by atoms with van der Waals surface area (Å²) in [7, 11) is 0. The fraction of sp³-hybridized carbons (Fsp3) is 0.786. The number of hydrogen-bond donors (Lipinski definition) is 1. The number of ether oxygens (including phenoxy) is 1. The molecule has 2 aliphatic heterocycles. The minimum Gasteiger partial charge on any atom is -0.365 e. The molecule has 2 aliphatic rings. The van der Waals surface area contributed by atoms with Gasteiger partial charge in [-0.15, -0.1) is 0 Å². The first-order chi connectivity index (χ1) is 9.53. The van der Waals surface area contributed by atoms with Crippen LogP contribution in [0.1, 0.15) is 45.9 Å². The number of hydrogen-bond acceptors (Lipinski definition) is 3. The van der Waals surface area contributed by atoms with Crippen LogP contribution in [0.5, 0.6) is 0 Å². The number of aromatic nitrogens is 2. The van der Waals surface area contributed by atoms with E-state index in [4.69, 9.17) is 4.74 Å². The first-order valence-corrected chi connectivity index (χ1v) is 7.23. The lowest BCUT2D eigenvalue weighted by molar-refractivity contribution is -0.109. The van der Waals surface area contributed by atoms with Crippen LogP contribution >= 0.6 is 0 Å². The normalized spacial score (nSPS) is 32.1. The minimum absolute atomic E-state index is 0. The second kappa shape index (κ2) is 5.77. The molecule has 6 heteroatoms. The van der Waals surface area contributed by atoms with Gasteiger partial charge >= 0.3 is 0 Å². The molecule has 3 heterocycles. The monoisotopic (exact) mass is 289 g/mol. The van der Waals surface area contributed by atoms with Gasteiger partial charge in [0.05, 0.1) is 18.5 Å². The zero-order chi connectivity index (χ0) is 14.9. The van der Waals surface area contributed by atoms with Gasteiger partial charge in [-0.2, -0.15) is 5.10 Å². The predicted molar refractivity (Wildman–Crippen MR) is 75.2 cm³/mol. The van der Waals surface area contributed by atoms with E-state index in [0.29, 0.717) is 12.6 Å². The molecule has 0 aromatic carbocycles. The van der Waals surface area contributed by atoms with E-state index in [-0.39, 0.29) is 8.03 Å². The quantitative estimate of drug-likeness (QED) is 0.864. The van der Waals surface area contributed by atoms with Gasteiger partial charge in [-0.05, 0) is 25.8 Å². The number of fused-ring (bicyclic) bond motifs is 2. The van der Waals surface area contributed by atoms with Crippen molar-refractivity contribution >= 4 is 0 Å². The summed E-state index contributed by atoms with van der Waals surface area (Å²) >= 11 is 0. The summed E-state index contributed by atoms with van der Waals surface area (Å²) in [6.07, 6.45) is 0.00628. The highest BCUT2D eigenvalue weighted by atomic mass is 19.3. The zero-order valence-corrected chi connectivity index (χ0v) is 12.5. The molecule has 20 heavy (non-hydrogen) atoms. The molecule has 0 saturated carbocycles. The van der Waals surface area contributed by atoms with Crippen molar-refractivity contribution in [2.24, 2.45) is 0 Å². The van der Waals surface area contributed by atoms with Gasteiger partial charge in [0.25, 0.3) is 6.43 Å². The molecule has 116 valence electrons. The van der Waals surface area contributed by atoms with Crippen molar-refractivity contribution in [3.05, 3.63) is 17.5 Å². The van der Waals surface area contributed by atoms with Gasteiger partial charge in [0.15, 0.2) is 0 Å². The molecule has 1 aromatic heterocycles. The van der Waals surface area contributed by atoms with Crippen LogP contribution in [0.3, 0.4) is 0 Å². The molecule has 0 bridgehead atoms. The van der Waals surface area contributed by atoms with E-state index in [9.17, 15) is 8.78 Å². The third-order valence-electron chi connectivity index (χ3n) is 3.92. The van der Waals surface area contributed by atoms with Gasteiger partial charge in [0.2, 0.25) is 0 Å². The number of nitrogens with one attached hydrogen (secondary N) is 1. The molecule has 0 amide bonds. The average molecular weight is 289 g/mol. The summed E-state index contributed by atoms with van der Waals surface area (Å²) in [5, 5.41) is 7.46. The van der Waals surface area contributed by atoms with Crippen LogP contribution in [0.2, 0.25) is 0 Å². The summed E-state index contributed by atoms with van der Waals surface area (Å²) in [4.78, 5) is 0. The van der Waals surface area contributed by atoms with Crippen molar-refractivity contribution in [2.75, 3.05) is 13.2 Å². The lowest BCUT2D eigenvalue weighted by Gasteiger charge is -2.38. The number of aryl methyl sites for hydroxylation is 1. The Morgan fingerprint density at radius 2 is 2.25 bits per heavy atom. The molecule has 1 fully saturated rings. The van der Waals surface area contributed by atoms with E-state index in [1.54, 1.807) is 6.20 Å². The van der Waals surface area contributed by atoms with E-state index in [2.05, 4.69) is 17.3 Å². The molecule has 0 radical (unpaired) electrons. The lowest BCUT2D eigenvalue weighted by atomic mass is 9.91. The van der Waals surface area contributed by atoms with Crippen LogP contribution in [-0.4, -0.2) is 35.4 Å². The molecule has 1 spiro atoms. The van der Waals surface area contributed by atoms with E-state index < -0.39 is 18.1 Å². The van der Waals surface area contributed by atoms with Gasteiger partial charge in [0, 0.05) is 14.0 Å². The van der Waals surface area contributed by atoms with Crippen molar-refractivity contribution in [1.29, 1.82) is 0 Å². The molecule has 0 aliphatic carbocycles. The molecule has 1 saturated heterocycles. The smallest absolute Gasteiger partial charge is 0.262 e. The highest BCUT2D eigenvalue weighted by Gasteiger charge is 2.48. The van der Waals surface area contributed by atoms with E-state index in [0.717, 1.165) is 17.7 Å². The molecular weight excluding hydrogens is 264 g/mol. The summed E-state index contributed by atoms with van der Waals surface area (Å²) in [6, 6.07) is -0.633. The molecule has 1 N–H and O–H groups in total. The lowest BCUT2D eigenvalue weighted by Crippen LogP contribution is -2.44. The van der Waals surface area contributed by atoms with Crippen LogP contribution < -0.4 is 5.32 Å². The fourth-order valence-corrected chi connectivity index (χ4v) is 3.10. The fourth-order valence-electron chi connectivity index (χ4n) is 3.10. The van der Waals surface area contributed by atoms with Crippen LogP contribution in [-0.2, 0) is 10.3 Å². The van der Waals surface area contributed by atoms with Crippen molar-refractivity contribution < 1.29 is 14.9 Å². The maximum Gasteiger partial charge on any atom is 0.262 e. The van der Waals surface area contributed by atoms with Gasteiger partial charge < -0.3 is 10.1 Å². The van der Waals surface area contributed by atoms with E-state index >= 15 is 0 Å². The number of nitrogens with zero attached hydrogens (tertiary/aromatic N) is 2. The standard InChI is InChI=1S/C12H17F2N3O.C2H6.H2/c1-7-4-16-17-9(11(13)14)5-18-12(10(7)17)3-8(2)15-6-12;1-2;/h4,8-9,11,15H,3,5-6H2,1-2H3;1-2H3;1H/t8-,9+,12+;;/m1../s1. The van der Waals surface area contributed by atoms with Crippen molar-refractivity contribution in [1.82, 2.24) is 15.1 Å². The first-order valence-electron chi connectivity index (χ1n) is 7.23. The Hall–Kier alpha value is -1.01. The van der Waals surface area contributed by atoms with Crippen LogP contribution in [0.15, 0.2) is 6.20 Å². The Morgan fingerprint density at radius 3 is 2.80 bits per heavy atom. The highest BCUT2D eigenvalue weighted by molar-refractivity contribution is 5.28. The second-order valence-corrected chi connectivity index (χ2v) is 5.31. The molecule has 0 unspecified atom stereocenters. The van der Waals surface area contributed by atoms with Crippen LogP contribution in [0.25, 0.3) is 0 Å². The van der Waals surface area contributed by atoms with Crippen molar-refractivity contribution in [2.45, 2.75) is 58.2 Å². The topological polar surface area (TPSA) is 39.1 Å². The maximum absolute atomic E-state index is 13.0. The minimum atomic E-state index is -2.45. The third kappa shape index (κ3) is 2.35. The third-order valence-corrected chi connectivity index (χ3v) is 3.92. The molecular formula is C14H25F2N3O. The van der Waals surface area contributed by atoms with E-state index in [1.165, 1.54) is 4.68 Å². The maximum atomic E-state index is 13.0. The van der Waals surface area contributed by atoms with Crippen molar-refractivity contribution in [3.63, 3.8) is 0 Å². The number of alkyl halides is 2. The SMILES string of the molecule is CC.Cc1cnn2c1[C@]1(CN[C@H](C)C1)OC[C@H]2C(F)F.[HH]. The van der Waals surface area contributed by atoms with Crippen molar-refractivity contribution in [3.8, 4) is 0 Å². The summed E-state index contributed by atoms with van der Waals surface area (Å²) in [5.74, 6) is 0. The zero-order valence-electron chi connectivity index (χ0n) is 12.5.